The lowest BCUT2D eigenvalue weighted by atomic mass is 9.67. The molecule has 2 saturated carbocycles. The molecule has 1 heteroatoms. The fourth-order valence-electron chi connectivity index (χ4n) is 3.51. The van der Waals surface area contributed by atoms with Crippen LogP contribution < -0.4 is 5.32 Å². The van der Waals surface area contributed by atoms with Crippen molar-refractivity contribution in [1.29, 1.82) is 0 Å². The molecule has 0 aromatic heterocycles. The van der Waals surface area contributed by atoms with Crippen molar-refractivity contribution < 1.29 is 0 Å². The Bertz CT molecular complexity index is 222. The van der Waals surface area contributed by atoms with Crippen molar-refractivity contribution in [1.82, 2.24) is 5.32 Å². The van der Waals surface area contributed by atoms with E-state index in [2.05, 4.69) is 26.1 Å². The third-order valence-corrected chi connectivity index (χ3v) is 4.83. The van der Waals surface area contributed by atoms with E-state index in [1.54, 1.807) is 0 Å². The van der Waals surface area contributed by atoms with Crippen molar-refractivity contribution >= 4 is 0 Å². The third kappa shape index (κ3) is 4.28. The van der Waals surface area contributed by atoms with Gasteiger partial charge in [-0.15, -0.1) is 0 Å². The van der Waals surface area contributed by atoms with Crippen LogP contribution in [0.25, 0.3) is 0 Å². The highest BCUT2D eigenvalue weighted by molar-refractivity contribution is 4.86. The summed E-state index contributed by atoms with van der Waals surface area (Å²) in [6.07, 6.45) is 12.1. The van der Waals surface area contributed by atoms with Crippen LogP contribution in [0.3, 0.4) is 0 Å². The molecular formula is C16H31N. The first-order valence-electron chi connectivity index (χ1n) is 7.79. The Balaban J connectivity index is 1.67. The third-order valence-electron chi connectivity index (χ3n) is 4.83. The van der Waals surface area contributed by atoms with E-state index in [0.717, 1.165) is 17.8 Å². The summed E-state index contributed by atoms with van der Waals surface area (Å²) < 4.78 is 0. The first-order valence-corrected chi connectivity index (χ1v) is 7.79. The van der Waals surface area contributed by atoms with Gasteiger partial charge in [-0.25, -0.2) is 0 Å². The smallest absolute Gasteiger partial charge is 0.00966 e. The predicted molar refractivity (Wildman–Crippen MR) is 75.2 cm³/mol. The van der Waals surface area contributed by atoms with Crippen LogP contribution in [0.2, 0.25) is 0 Å². The summed E-state index contributed by atoms with van der Waals surface area (Å²) in [7, 11) is 0. The first kappa shape index (κ1) is 13.4. The lowest BCUT2D eigenvalue weighted by Gasteiger charge is -2.41. The molecule has 0 heterocycles. The highest BCUT2D eigenvalue weighted by Crippen LogP contribution is 2.41. The molecule has 2 atom stereocenters. The molecule has 2 fully saturated rings. The summed E-state index contributed by atoms with van der Waals surface area (Å²) in [4.78, 5) is 0. The Labute approximate surface area is 108 Å². The van der Waals surface area contributed by atoms with Gasteiger partial charge in [-0.1, -0.05) is 32.1 Å². The number of hydrogen-bond donors (Lipinski definition) is 1. The lowest BCUT2D eigenvalue weighted by molar-refractivity contribution is 0.118. The van der Waals surface area contributed by atoms with Crippen LogP contribution in [0, 0.1) is 17.8 Å². The van der Waals surface area contributed by atoms with Gasteiger partial charge < -0.3 is 5.32 Å². The van der Waals surface area contributed by atoms with Crippen molar-refractivity contribution in [3.05, 3.63) is 0 Å². The minimum Gasteiger partial charge on any atom is -0.312 e. The normalized spacial score (nSPS) is 31.2. The van der Waals surface area contributed by atoms with Crippen LogP contribution in [0.5, 0.6) is 0 Å². The molecule has 17 heavy (non-hydrogen) atoms. The highest BCUT2D eigenvalue weighted by Gasteiger charge is 2.33. The Kier molecular flexibility index (Phi) is 4.52. The average molecular weight is 237 g/mol. The number of hydrogen-bond acceptors (Lipinski definition) is 1. The molecule has 0 saturated heterocycles. The molecule has 0 aliphatic heterocycles. The molecule has 2 aliphatic carbocycles. The molecule has 2 aliphatic rings. The number of nitrogens with one attached hydrogen (secondary N) is 1. The van der Waals surface area contributed by atoms with Gasteiger partial charge in [-0.3, -0.25) is 0 Å². The molecule has 0 aromatic carbocycles. The van der Waals surface area contributed by atoms with Crippen molar-refractivity contribution in [3.8, 4) is 0 Å². The summed E-state index contributed by atoms with van der Waals surface area (Å²) in [5.74, 6) is 3.11. The molecule has 1 nitrogen and oxygen atoms in total. The second-order valence-electron chi connectivity index (χ2n) is 7.47. The lowest BCUT2D eigenvalue weighted by Crippen LogP contribution is -2.44. The van der Waals surface area contributed by atoms with E-state index < -0.39 is 0 Å². The second-order valence-corrected chi connectivity index (χ2v) is 7.47. The van der Waals surface area contributed by atoms with Gasteiger partial charge in [0.1, 0.15) is 0 Å². The van der Waals surface area contributed by atoms with Gasteiger partial charge in [0, 0.05) is 5.54 Å². The maximum absolute atomic E-state index is 3.69. The zero-order valence-corrected chi connectivity index (χ0v) is 12.1. The average Bonchev–Trinajstić information content (AvgIpc) is 2.24. The van der Waals surface area contributed by atoms with Gasteiger partial charge in [-0.2, -0.15) is 0 Å². The summed E-state index contributed by atoms with van der Waals surface area (Å²) in [6, 6.07) is 0. The van der Waals surface area contributed by atoms with Crippen LogP contribution in [-0.2, 0) is 0 Å². The first-order chi connectivity index (χ1) is 8.04. The molecule has 0 bridgehead atoms. The fourth-order valence-corrected chi connectivity index (χ4v) is 3.51. The summed E-state index contributed by atoms with van der Waals surface area (Å²) in [5, 5.41) is 3.69. The maximum atomic E-state index is 3.69. The summed E-state index contributed by atoms with van der Waals surface area (Å²) in [5.41, 5.74) is 0.297. The maximum Gasteiger partial charge on any atom is 0.00966 e. The largest absolute Gasteiger partial charge is 0.312 e. The van der Waals surface area contributed by atoms with Gasteiger partial charge in [0.05, 0.1) is 0 Å². The van der Waals surface area contributed by atoms with Crippen LogP contribution in [0.15, 0.2) is 0 Å². The van der Waals surface area contributed by atoms with Gasteiger partial charge in [0.15, 0.2) is 0 Å². The predicted octanol–water partition coefficient (Wildman–Crippen LogP) is 4.37. The van der Waals surface area contributed by atoms with Crippen molar-refractivity contribution in [2.24, 2.45) is 17.8 Å². The second kappa shape index (κ2) is 5.73. The zero-order valence-electron chi connectivity index (χ0n) is 12.1. The Hall–Kier alpha value is -0.0400. The molecule has 1 N–H and O–H groups in total. The molecule has 0 aromatic rings. The van der Waals surface area contributed by atoms with Gasteiger partial charge in [-0.05, 0) is 64.3 Å². The fraction of sp³-hybridized carbons (Fsp3) is 1.00. The molecule has 0 spiro atoms. The minimum absolute atomic E-state index is 0.297. The molecule has 0 radical (unpaired) electrons. The standard InChI is InChI=1S/C16H31N/c1-16(2,3)17-12-15-10-9-14(15)11-13-7-5-4-6-8-13/h13-15,17H,4-12H2,1-3H3. The van der Waals surface area contributed by atoms with Gasteiger partial charge in [0.25, 0.3) is 0 Å². The molecule has 2 rings (SSSR count). The van der Waals surface area contributed by atoms with Crippen LogP contribution in [0.4, 0.5) is 0 Å². The Morgan fingerprint density at radius 2 is 1.53 bits per heavy atom. The molecule has 100 valence electrons. The van der Waals surface area contributed by atoms with Crippen molar-refractivity contribution in [2.75, 3.05) is 6.54 Å². The summed E-state index contributed by atoms with van der Waals surface area (Å²) in [6.45, 7) is 8.09. The number of rotatable bonds is 4. The van der Waals surface area contributed by atoms with Crippen molar-refractivity contribution in [3.63, 3.8) is 0 Å². The highest BCUT2D eigenvalue weighted by atomic mass is 14.9. The van der Waals surface area contributed by atoms with E-state index in [0.29, 0.717) is 5.54 Å². The van der Waals surface area contributed by atoms with Crippen LogP contribution in [0.1, 0.15) is 72.1 Å². The van der Waals surface area contributed by atoms with E-state index in [1.807, 2.05) is 0 Å². The van der Waals surface area contributed by atoms with Crippen molar-refractivity contribution in [2.45, 2.75) is 77.7 Å². The van der Waals surface area contributed by atoms with E-state index in [-0.39, 0.29) is 0 Å². The van der Waals surface area contributed by atoms with Crippen LogP contribution >= 0.6 is 0 Å². The molecular weight excluding hydrogens is 206 g/mol. The molecule has 2 unspecified atom stereocenters. The zero-order chi connectivity index (χ0) is 12.3. The molecule has 0 amide bonds. The van der Waals surface area contributed by atoms with Gasteiger partial charge in [0.2, 0.25) is 0 Å². The SMILES string of the molecule is CC(C)(C)NCC1CCC1CC1CCCCC1. The minimum atomic E-state index is 0.297. The van der Waals surface area contributed by atoms with Crippen LogP contribution in [-0.4, -0.2) is 12.1 Å². The van der Waals surface area contributed by atoms with E-state index >= 15 is 0 Å². The van der Waals surface area contributed by atoms with E-state index in [1.165, 1.54) is 57.9 Å². The van der Waals surface area contributed by atoms with E-state index in [9.17, 15) is 0 Å². The van der Waals surface area contributed by atoms with Gasteiger partial charge >= 0.3 is 0 Å². The Morgan fingerprint density at radius 1 is 0.882 bits per heavy atom. The Morgan fingerprint density at radius 3 is 2.06 bits per heavy atom. The summed E-state index contributed by atoms with van der Waals surface area (Å²) >= 11 is 0. The van der Waals surface area contributed by atoms with E-state index in [4.69, 9.17) is 0 Å². The monoisotopic (exact) mass is 237 g/mol. The topological polar surface area (TPSA) is 12.0 Å². The quantitative estimate of drug-likeness (QED) is 0.765.